The van der Waals surface area contributed by atoms with E-state index in [2.05, 4.69) is 19.2 Å². The minimum Gasteiger partial charge on any atom is -0.320 e. The molecule has 14 heavy (non-hydrogen) atoms. The standard InChI is InChI=1S/C13H29N/c1-4-9-13(10-5-2)11-7-6-8-12-14-3/h13-14H,4-12H2,1-3H3. The van der Waals surface area contributed by atoms with Gasteiger partial charge in [0.05, 0.1) is 0 Å². The summed E-state index contributed by atoms with van der Waals surface area (Å²) < 4.78 is 0. The Morgan fingerprint density at radius 3 is 2.00 bits per heavy atom. The van der Waals surface area contributed by atoms with Crippen LogP contribution in [0.3, 0.4) is 0 Å². The van der Waals surface area contributed by atoms with E-state index in [1.165, 1.54) is 57.9 Å². The summed E-state index contributed by atoms with van der Waals surface area (Å²) in [6.45, 7) is 5.81. The number of hydrogen-bond acceptors (Lipinski definition) is 1. The SMILES string of the molecule is CCCC(CCC)CCCCCNC. The van der Waals surface area contributed by atoms with Gasteiger partial charge in [0, 0.05) is 0 Å². The fourth-order valence-electron chi connectivity index (χ4n) is 2.16. The first-order valence-electron chi connectivity index (χ1n) is 6.49. The molecule has 0 rings (SSSR count). The van der Waals surface area contributed by atoms with E-state index in [9.17, 15) is 0 Å². The highest BCUT2D eigenvalue weighted by atomic mass is 14.8. The third-order valence-electron chi connectivity index (χ3n) is 2.93. The Morgan fingerprint density at radius 2 is 1.50 bits per heavy atom. The normalized spacial score (nSPS) is 11.1. The number of unbranched alkanes of at least 4 members (excludes halogenated alkanes) is 2. The van der Waals surface area contributed by atoms with E-state index in [1.54, 1.807) is 0 Å². The molecule has 1 N–H and O–H groups in total. The number of hydrogen-bond donors (Lipinski definition) is 1. The molecule has 0 aliphatic heterocycles. The third kappa shape index (κ3) is 8.55. The van der Waals surface area contributed by atoms with Gasteiger partial charge in [0.2, 0.25) is 0 Å². The Morgan fingerprint density at radius 1 is 0.857 bits per heavy atom. The molecule has 0 saturated carbocycles. The van der Waals surface area contributed by atoms with Gasteiger partial charge in [-0.2, -0.15) is 0 Å². The molecule has 0 aliphatic carbocycles. The van der Waals surface area contributed by atoms with Crippen molar-refractivity contribution < 1.29 is 0 Å². The summed E-state index contributed by atoms with van der Waals surface area (Å²) in [5.74, 6) is 1.01. The van der Waals surface area contributed by atoms with Crippen LogP contribution in [-0.4, -0.2) is 13.6 Å². The summed E-state index contributed by atoms with van der Waals surface area (Å²) in [7, 11) is 2.04. The summed E-state index contributed by atoms with van der Waals surface area (Å²) in [4.78, 5) is 0. The molecule has 0 aliphatic rings. The molecule has 0 aromatic heterocycles. The molecule has 0 spiro atoms. The predicted molar refractivity (Wildman–Crippen MR) is 65.7 cm³/mol. The molecule has 0 aromatic rings. The van der Waals surface area contributed by atoms with Crippen LogP contribution in [0.1, 0.15) is 65.2 Å². The monoisotopic (exact) mass is 199 g/mol. The van der Waals surface area contributed by atoms with Crippen LogP contribution in [-0.2, 0) is 0 Å². The quantitative estimate of drug-likeness (QED) is 0.525. The highest BCUT2D eigenvalue weighted by Crippen LogP contribution is 2.20. The molecule has 86 valence electrons. The van der Waals surface area contributed by atoms with Crippen LogP contribution in [0.25, 0.3) is 0 Å². The lowest BCUT2D eigenvalue weighted by molar-refractivity contribution is 0.392. The highest BCUT2D eigenvalue weighted by molar-refractivity contribution is 4.59. The van der Waals surface area contributed by atoms with Gasteiger partial charge >= 0.3 is 0 Å². The van der Waals surface area contributed by atoms with Crippen molar-refractivity contribution >= 4 is 0 Å². The molecule has 0 amide bonds. The van der Waals surface area contributed by atoms with Gasteiger partial charge in [-0.15, -0.1) is 0 Å². The van der Waals surface area contributed by atoms with E-state index in [4.69, 9.17) is 0 Å². The summed E-state index contributed by atoms with van der Waals surface area (Å²) in [5.41, 5.74) is 0. The molecule has 0 atom stereocenters. The second kappa shape index (κ2) is 11.0. The molecular formula is C13H29N. The summed E-state index contributed by atoms with van der Waals surface area (Å²) in [6, 6.07) is 0. The van der Waals surface area contributed by atoms with Gasteiger partial charge in [-0.3, -0.25) is 0 Å². The van der Waals surface area contributed by atoms with Crippen molar-refractivity contribution in [3.63, 3.8) is 0 Å². The molecule has 0 fully saturated rings. The lowest BCUT2D eigenvalue weighted by Crippen LogP contribution is -2.07. The molecule has 0 saturated heterocycles. The van der Waals surface area contributed by atoms with Gasteiger partial charge < -0.3 is 5.32 Å². The maximum Gasteiger partial charge on any atom is -0.00519 e. The summed E-state index contributed by atoms with van der Waals surface area (Å²) in [5, 5.41) is 3.21. The smallest absolute Gasteiger partial charge is 0.00519 e. The Balaban J connectivity index is 3.30. The van der Waals surface area contributed by atoms with Crippen LogP contribution in [0.2, 0.25) is 0 Å². The van der Waals surface area contributed by atoms with E-state index in [-0.39, 0.29) is 0 Å². The average molecular weight is 199 g/mol. The van der Waals surface area contributed by atoms with Crippen LogP contribution in [0.4, 0.5) is 0 Å². The Bertz CT molecular complexity index is 95.4. The van der Waals surface area contributed by atoms with E-state index < -0.39 is 0 Å². The molecule has 0 unspecified atom stereocenters. The molecule has 1 nitrogen and oxygen atoms in total. The molecule has 0 heterocycles. The van der Waals surface area contributed by atoms with Crippen LogP contribution >= 0.6 is 0 Å². The molecule has 1 heteroatoms. The number of rotatable bonds is 10. The average Bonchev–Trinajstić information content (AvgIpc) is 2.18. The zero-order chi connectivity index (χ0) is 10.6. The van der Waals surface area contributed by atoms with Gasteiger partial charge in [-0.05, 0) is 25.9 Å². The Hall–Kier alpha value is -0.0400. The van der Waals surface area contributed by atoms with Crippen molar-refractivity contribution in [2.45, 2.75) is 65.2 Å². The number of nitrogens with one attached hydrogen (secondary N) is 1. The fourth-order valence-corrected chi connectivity index (χ4v) is 2.16. The van der Waals surface area contributed by atoms with E-state index in [1.807, 2.05) is 7.05 Å². The molecule has 0 radical (unpaired) electrons. The van der Waals surface area contributed by atoms with Crippen molar-refractivity contribution in [3.8, 4) is 0 Å². The topological polar surface area (TPSA) is 12.0 Å². The van der Waals surface area contributed by atoms with Gasteiger partial charge in [0.15, 0.2) is 0 Å². The summed E-state index contributed by atoms with van der Waals surface area (Å²) in [6.07, 6.45) is 11.3. The second-order valence-electron chi connectivity index (χ2n) is 4.40. The Labute approximate surface area is 90.7 Å². The fraction of sp³-hybridized carbons (Fsp3) is 1.00. The predicted octanol–water partition coefficient (Wildman–Crippen LogP) is 3.98. The van der Waals surface area contributed by atoms with Crippen LogP contribution in [0, 0.1) is 5.92 Å². The van der Waals surface area contributed by atoms with Gasteiger partial charge in [-0.25, -0.2) is 0 Å². The van der Waals surface area contributed by atoms with Crippen molar-refractivity contribution in [3.05, 3.63) is 0 Å². The Kier molecular flexibility index (Phi) is 11.0. The maximum absolute atomic E-state index is 3.21. The maximum atomic E-state index is 3.21. The van der Waals surface area contributed by atoms with Crippen LogP contribution in [0.5, 0.6) is 0 Å². The molecule has 0 aromatic carbocycles. The summed E-state index contributed by atoms with van der Waals surface area (Å²) >= 11 is 0. The van der Waals surface area contributed by atoms with Crippen LogP contribution < -0.4 is 5.32 Å². The van der Waals surface area contributed by atoms with Gasteiger partial charge in [0.25, 0.3) is 0 Å². The third-order valence-corrected chi connectivity index (χ3v) is 2.93. The van der Waals surface area contributed by atoms with Crippen molar-refractivity contribution in [1.29, 1.82) is 0 Å². The zero-order valence-electron chi connectivity index (χ0n) is 10.4. The van der Waals surface area contributed by atoms with E-state index in [0.717, 1.165) is 5.92 Å². The lowest BCUT2D eigenvalue weighted by atomic mass is 9.92. The molecular weight excluding hydrogens is 170 g/mol. The zero-order valence-corrected chi connectivity index (χ0v) is 10.4. The largest absolute Gasteiger partial charge is 0.320 e. The first kappa shape index (κ1) is 14.0. The second-order valence-corrected chi connectivity index (χ2v) is 4.40. The van der Waals surface area contributed by atoms with Gasteiger partial charge in [0.1, 0.15) is 0 Å². The highest BCUT2D eigenvalue weighted by Gasteiger charge is 2.05. The van der Waals surface area contributed by atoms with E-state index in [0.29, 0.717) is 0 Å². The van der Waals surface area contributed by atoms with Crippen molar-refractivity contribution in [2.24, 2.45) is 5.92 Å². The molecule has 0 bridgehead atoms. The van der Waals surface area contributed by atoms with Gasteiger partial charge in [-0.1, -0.05) is 58.8 Å². The van der Waals surface area contributed by atoms with Crippen LogP contribution in [0.15, 0.2) is 0 Å². The van der Waals surface area contributed by atoms with Crippen molar-refractivity contribution in [2.75, 3.05) is 13.6 Å². The first-order valence-corrected chi connectivity index (χ1v) is 6.49. The first-order chi connectivity index (χ1) is 6.85. The minimum atomic E-state index is 1.01. The minimum absolute atomic E-state index is 1.01. The lowest BCUT2D eigenvalue weighted by Gasteiger charge is -2.14. The van der Waals surface area contributed by atoms with E-state index >= 15 is 0 Å². The van der Waals surface area contributed by atoms with Crippen molar-refractivity contribution in [1.82, 2.24) is 5.32 Å².